The molecule has 0 spiro atoms. The lowest BCUT2D eigenvalue weighted by Gasteiger charge is -2.50. The predicted octanol–water partition coefficient (Wildman–Crippen LogP) is 2.41. The van der Waals surface area contributed by atoms with Gasteiger partial charge in [-0.15, -0.1) is 23.1 Å². The highest BCUT2D eigenvalue weighted by atomic mass is 32.2. The van der Waals surface area contributed by atoms with Crippen LogP contribution < -0.4 is 5.32 Å². The van der Waals surface area contributed by atoms with Crippen LogP contribution in [-0.4, -0.2) is 48.1 Å². The Bertz CT molecular complexity index is 756. The molecule has 1 saturated heterocycles. The molecule has 136 valence electrons. The van der Waals surface area contributed by atoms with E-state index in [1.165, 1.54) is 42.2 Å². The normalized spacial score (nSPS) is 23.3. The number of fused-ring (bicyclic) bond motifs is 1. The van der Waals surface area contributed by atoms with Gasteiger partial charge in [-0.25, -0.2) is 0 Å². The molecule has 2 amide bonds. The molecular formula is C15H19N2O5PS2. The Balaban J connectivity index is 1.74. The maximum absolute atomic E-state index is 12.8. The molecule has 1 aromatic rings. The first-order valence-electron chi connectivity index (χ1n) is 7.59. The fourth-order valence-corrected chi connectivity index (χ4v) is 6.59. The standard InChI is InChI=1S/C15H19N2O5PS2/c1-9-8-25-15-12(16-11(18)7-10-5-4-6-24-10)13(19)17(15)14(9)23(20,21-2)22-3/h4-6,12,15H,7-8H2,1-3H3,(H,16,18)/t12-,15+/m1/s1. The Kier molecular flexibility index (Phi) is 5.41. The fraction of sp³-hybridized carbons (Fsp3) is 0.467. The number of hydrogen-bond donors (Lipinski definition) is 1. The summed E-state index contributed by atoms with van der Waals surface area (Å²) >= 11 is 3.03. The molecule has 0 saturated carbocycles. The number of hydrogen-bond acceptors (Lipinski definition) is 7. The van der Waals surface area contributed by atoms with Crippen LogP contribution in [0.25, 0.3) is 0 Å². The molecule has 7 nitrogen and oxygen atoms in total. The van der Waals surface area contributed by atoms with Gasteiger partial charge in [0.2, 0.25) is 5.91 Å². The quantitative estimate of drug-likeness (QED) is 0.581. The van der Waals surface area contributed by atoms with Gasteiger partial charge >= 0.3 is 7.60 Å². The van der Waals surface area contributed by atoms with E-state index in [-0.39, 0.29) is 23.6 Å². The number of nitrogens with zero attached hydrogens (tertiary/aromatic N) is 1. The lowest BCUT2D eigenvalue weighted by molar-refractivity contribution is -0.145. The molecular weight excluding hydrogens is 383 g/mol. The van der Waals surface area contributed by atoms with Crippen LogP contribution in [0.2, 0.25) is 0 Å². The zero-order valence-electron chi connectivity index (χ0n) is 14.1. The van der Waals surface area contributed by atoms with Crippen LogP contribution in [0.3, 0.4) is 0 Å². The molecule has 2 atom stereocenters. The van der Waals surface area contributed by atoms with Crippen LogP contribution in [0, 0.1) is 0 Å². The maximum atomic E-state index is 12.8. The largest absolute Gasteiger partial charge is 0.377 e. The van der Waals surface area contributed by atoms with Crippen molar-refractivity contribution in [1.29, 1.82) is 0 Å². The molecule has 25 heavy (non-hydrogen) atoms. The third-order valence-electron chi connectivity index (χ3n) is 4.10. The summed E-state index contributed by atoms with van der Waals surface area (Å²) in [6, 6.07) is 3.14. The highest BCUT2D eigenvalue weighted by molar-refractivity contribution is 8.00. The van der Waals surface area contributed by atoms with Crippen molar-refractivity contribution >= 4 is 42.5 Å². The zero-order valence-corrected chi connectivity index (χ0v) is 16.6. The molecule has 2 aliphatic rings. The van der Waals surface area contributed by atoms with Crippen LogP contribution in [0.15, 0.2) is 28.5 Å². The second kappa shape index (κ2) is 7.25. The van der Waals surface area contributed by atoms with Crippen molar-refractivity contribution in [1.82, 2.24) is 10.2 Å². The van der Waals surface area contributed by atoms with Crippen molar-refractivity contribution in [3.05, 3.63) is 33.4 Å². The summed E-state index contributed by atoms with van der Waals surface area (Å²) in [5, 5.41) is 4.40. The monoisotopic (exact) mass is 402 g/mol. The van der Waals surface area contributed by atoms with E-state index in [2.05, 4.69) is 5.32 Å². The van der Waals surface area contributed by atoms with E-state index in [0.717, 1.165) is 10.5 Å². The number of thioether (sulfide) groups is 1. The second-order valence-electron chi connectivity index (χ2n) is 5.68. The SMILES string of the molecule is COP(=O)(OC)C1=C(C)CS[C@H]2[C@H](NC(=O)Cc3cccs3)C(=O)N12. The first-order valence-corrected chi connectivity index (χ1v) is 11.1. The minimum absolute atomic E-state index is 0.199. The zero-order chi connectivity index (χ0) is 18.2. The Morgan fingerprint density at radius 2 is 2.16 bits per heavy atom. The van der Waals surface area contributed by atoms with Gasteiger partial charge in [0.15, 0.2) is 0 Å². The van der Waals surface area contributed by atoms with Gasteiger partial charge in [-0.3, -0.25) is 19.1 Å². The molecule has 0 radical (unpaired) electrons. The molecule has 0 unspecified atom stereocenters. The summed E-state index contributed by atoms with van der Waals surface area (Å²) in [6.45, 7) is 1.80. The summed E-state index contributed by atoms with van der Waals surface area (Å²) < 4.78 is 22.9. The third-order valence-corrected chi connectivity index (χ3v) is 8.47. The van der Waals surface area contributed by atoms with Gasteiger partial charge in [0.25, 0.3) is 5.91 Å². The Labute approximate surface area is 154 Å². The van der Waals surface area contributed by atoms with E-state index >= 15 is 0 Å². The lowest BCUT2D eigenvalue weighted by Crippen LogP contribution is -2.69. The van der Waals surface area contributed by atoms with Crippen LogP contribution in [-0.2, 0) is 29.6 Å². The second-order valence-corrected chi connectivity index (χ2v) is 9.96. The van der Waals surface area contributed by atoms with Crippen LogP contribution >= 0.6 is 30.7 Å². The van der Waals surface area contributed by atoms with Crippen molar-refractivity contribution in [3.8, 4) is 0 Å². The molecule has 1 N–H and O–H groups in total. The van der Waals surface area contributed by atoms with Gasteiger partial charge in [-0.2, -0.15) is 0 Å². The number of rotatable bonds is 6. The minimum atomic E-state index is -3.54. The molecule has 1 fully saturated rings. The smallest absolute Gasteiger partial charge is 0.341 e. The molecule has 3 rings (SSSR count). The number of thiophene rings is 1. The topological polar surface area (TPSA) is 84.9 Å². The molecule has 2 aliphatic heterocycles. The first-order chi connectivity index (χ1) is 11.9. The Morgan fingerprint density at radius 1 is 1.44 bits per heavy atom. The average molecular weight is 402 g/mol. The molecule has 10 heteroatoms. The summed E-state index contributed by atoms with van der Waals surface area (Å²) in [6.07, 6.45) is 0.245. The number of amides is 2. The Morgan fingerprint density at radius 3 is 2.76 bits per heavy atom. The number of nitrogens with one attached hydrogen (secondary N) is 1. The van der Waals surface area contributed by atoms with Crippen LogP contribution in [0.1, 0.15) is 11.8 Å². The molecule has 0 aromatic carbocycles. The van der Waals surface area contributed by atoms with Gasteiger partial charge in [-0.1, -0.05) is 6.07 Å². The summed E-state index contributed by atoms with van der Waals surface area (Å²) in [5.41, 5.74) is 1.08. The summed E-state index contributed by atoms with van der Waals surface area (Å²) in [5.74, 6) is 0.105. The number of carbonyl (C=O) groups is 2. The van der Waals surface area contributed by atoms with Crippen molar-refractivity contribution < 1.29 is 23.2 Å². The Hall–Kier alpha value is -1.12. The van der Waals surface area contributed by atoms with E-state index in [0.29, 0.717) is 11.2 Å². The maximum Gasteiger partial charge on any atom is 0.377 e. The summed E-state index contributed by atoms with van der Waals surface area (Å²) in [7, 11) is -0.944. The summed E-state index contributed by atoms with van der Waals surface area (Å²) in [4.78, 5) is 27.2. The van der Waals surface area contributed by atoms with E-state index in [1.54, 1.807) is 6.92 Å². The molecule has 1 aromatic heterocycles. The molecule has 0 bridgehead atoms. The van der Waals surface area contributed by atoms with Crippen molar-refractivity contribution in [2.24, 2.45) is 0 Å². The fourth-order valence-electron chi connectivity index (χ4n) is 2.88. The van der Waals surface area contributed by atoms with Crippen molar-refractivity contribution in [2.45, 2.75) is 24.8 Å². The minimum Gasteiger partial charge on any atom is -0.341 e. The molecule has 3 heterocycles. The van der Waals surface area contributed by atoms with Crippen molar-refractivity contribution in [3.63, 3.8) is 0 Å². The van der Waals surface area contributed by atoms with Gasteiger partial charge in [0, 0.05) is 24.8 Å². The first kappa shape index (κ1) is 18.7. The predicted molar refractivity (Wildman–Crippen MR) is 97.4 cm³/mol. The molecule has 0 aliphatic carbocycles. The van der Waals surface area contributed by atoms with Gasteiger partial charge < -0.3 is 14.4 Å². The van der Waals surface area contributed by atoms with E-state index in [9.17, 15) is 14.2 Å². The van der Waals surface area contributed by atoms with E-state index in [1.807, 2.05) is 17.5 Å². The number of carbonyl (C=O) groups excluding carboxylic acids is 2. The lowest BCUT2D eigenvalue weighted by atomic mass is 10.1. The van der Waals surface area contributed by atoms with Gasteiger partial charge in [-0.05, 0) is 23.9 Å². The average Bonchev–Trinajstić information content (AvgIpc) is 3.11. The van der Waals surface area contributed by atoms with Gasteiger partial charge in [0.1, 0.15) is 16.9 Å². The van der Waals surface area contributed by atoms with Gasteiger partial charge in [0.05, 0.1) is 6.42 Å². The van der Waals surface area contributed by atoms with Crippen LogP contribution in [0.4, 0.5) is 0 Å². The van der Waals surface area contributed by atoms with E-state index in [4.69, 9.17) is 9.05 Å². The highest BCUT2D eigenvalue weighted by Crippen LogP contribution is 2.61. The van der Waals surface area contributed by atoms with E-state index < -0.39 is 13.6 Å². The van der Waals surface area contributed by atoms with Crippen molar-refractivity contribution in [2.75, 3.05) is 20.0 Å². The highest BCUT2D eigenvalue weighted by Gasteiger charge is 2.56. The third kappa shape index (κ3) is 3.31. The number of β-lactam (4-membered cyclic amide) rings is 1. The van der Waals surface area contributed by atoms with Crippen LogP contribution in [0.5, 0.6) is 0 Å².